The smallest absolute Gasteiger partial charge is 0.250 e. The van der Waals surface area contributed by atoms with Crippen LogP contribution in [0.4, 0.5) is 0 Å². The minimum absolute atomic E-state index is 0. The predicted molar refractivity (Wildman–Crippen MR) is 89.0 cm³/mol. The first-order chi connectivity index (χ1) is 10.4. The average molecular weight is 364 g/mol. The number of nitrogens with one attached hydrogen (secondary N) is 2. The summed E-state index contributed by atoms with van der Waals surface area (Å²) in [6, 6.07) is 6.46. The number of hydrogen-bond acceptors (Lipinski definition) is 5. The van der Waals surface area contributed by atoms with Crippen molar-refractivity contribution in [3.05, 3.63) is 29.8 Å². The van der Waals surface area contributed by atoms with Crippen molar-refractivity contribution < 1.29 is 17.9 Å². The molecule has 0 radical (unpaired) electrons. The summed E-state index contributed by atoms with van der Waals surface area (Å²) in [5.74, 6) is -0.169. The van der Waals surface area contributed by atoms with Gasteiger partial charge in [0.05, 0.1) is 11.5 Å². The lowest BCUT2D eigenvalue weighted by molar-refractivity contribution is -0.134. The van der Waals surface area contributed by atoms with Crippen molar-refractivity contribution >= 4 is 28.3 Å². The highest BCUT2D eigenvalue weighted by atomic mass is 35.5. The van der Waals surface area contributed by atoms with E-state index in [0.717, 1.165) is 16.4 Å². The summed E-state index contributed by atoms with van der Waals surface area (Å²) in [6.07, 6.45) is -0.470. The minimum atomic E-state index is -3.42. The molecule has 0 aromatic heterocycles. The topological polar surface area (TPSA) is 87.7 Å². The lowest BCUT2D eigenvalue weighted by atomic mass is 10.2. The van der Waals surface area contributed by atoms with Crippen LogP contribution in [0.15, 0.2) is 29.2 Å². The average Bonchev–Trinajstić information content (AvgIpc) is 2.53. The van der Waals surface area contributed by atoms with Crippen LogP contribution in [0.2, 0.25) is 0 Å². The molecule has 1 aliphatic rings. The summed E-state index contributed by atoms with van der Waals surface area (Å²) >= 11 is 0. The summed E-state index contributed by atoms with van der Waals surface area (Å²) in [5, 5.41) is 5.88. The van der Waals surface area contributed by atoms with Gasteiger partial charge >= 0.3 is 0 Å². The molecule has 1 aromatic carbocycles. The first-order valence-electron chi connectivity index (χ1n) is 7.03. The van der Waals surface area contributed by atoms with Crippen LogP contribution >= 0.6 is 12.4 Å². The summed E-state index contributed by atoms with van der Waals surface area (Å²) < 4.78 is 30.4. The highest BCUT2D eigenvalue weighted by Gasteiger charge is 2.21. The number of carbonyl (C=O) groups excluding carboxylic acids is 1. The fraction of sp³-hybridized carbons (Fsp3) is 0.500. The molecule has 23 heavy (non-hydrogen) atoms. The van der Waals surface area contributed by atoms with Crippen LogP contribution < -0.4 is 10.6 Å². The van der Waals surface area contributed by atoms with Crippen molar-refractivity contribution in [3.63, 3.8) is 0 Å². The van der Waals surface area contributed by atoms with Crippen molar-refractivity contribution in [2.24, 2.45) is 0 Å². The zero-order valence-electron chi connectivity index (χ0n) is 13.1. The van der Waals surface area contributed by atoms with Crippen LogP contribution in [-0.2, 0) is 26.1 Å². The van der Waals surface area contributed by atoms with E-state index in [1.807, 2.05) is 0 Å². The number of ether oxygens (including phenoxy) is 1. The molecule has 0 saturated carbocycles. The summed E-state index contributed by atoms with van der Waals surface area (Å²) in [6.45, 7) is 2.12. The molecule has 1 saturated heterocycles. The second-order valence-electron chi connectivity index (χ2n) is 5.21. The molecular formula is C14H22ClN3O4S. The van der Waals surface area contributed by atoms with Gasteiger partial charge in [0, 0.05) is 33.7 Å². The van der Waals surface area contributed by atoms with Gasteiger partial charge in [-0.1, -0.05) is 12.1 Å². The Labute approximate surface area is 142 Å². The van der Waals surface area contributed by atoms with Gasteiger partial charge in [-0.3, -0.25) is 4.79 Å². The van der Waals surface area contributed by atoms with Gasteiger partial charge in [0.2, 0.25) is 10.0 Å². The van der Waals surface area contributed by atoms with Gasteiger partial charge in [-0.25, -0.2) is 12.7 Å². The number of nitrogens with zero attached hydrogens (tertiary/aromatic N) is 1. The molecule has 1 amide bonds. The summed E-state index contributed by atoms with van der Waals surface area (Å²) in [4.78, 5) is 12.1. The second-order valence-corrected chi connectivity index (χ2v) is 7.36. The van der Waals surface area contributed by atoms with Crippen molar-refractivity contribution in [2.45, 2.75) is 17.5 Å². The SMILES string of the molecule is CN(C)S(=O)(=O)c1ccc(CNC(=O)C2CNCCO2)cc1.Cl. The van der Waals surface area contributed by atoms with Gasteiger partial charge in [-0.15, -0.1) is 12.4 Å². The second kappa shape index (κ2) is 8.60. The third-order valence-electron chi connectivity index (χ3n) is 3.39. The number of benzene rings is 1. The van der Waals surface area contributed by atoms with Gasteiger partial charge in [-0.05, 0) is 17.7 Å². The maximum absolute atomic E-state index is 11.9. The Balaban J connectivity index is 0.00000264. The summed E-state index contributed by atoms with van der Waals surface area (Å²) in [7, 11) is -0.449. The molecule has 1 atom stereocenters. The third-order valence-corrected chi connectivity index (χ3v) is 5.22. The molecular weight excluding hydrogens is 342 g/mol. The quantitative estimate of drug-likeness (QED) is 0.766. The van der Waals surface area contributed by atoms with Gasteiger partial charge in [0.15, 0.2) is 0 Å². The first kappa shape index (κ1) is 19.9. The van der Waals surface area contributed by atoms with Gasteiger partial charge in [0.1, 0.15) is 6.10 Å². The van der Waals surface area contributed by atoms with Crippen molar-refractivity contribution in [1.82, 2.24) is 14.9 Å². The molecule has 1 heterocycles. The molecule has 0 bridgehead atoms. The van der Waals surface area contributed by atoms with Crippen LogP contribution in [0.5, 0.6) is 0 Å². The van der Waals surface area contributed by atoms with E-state index in [2.05, 4.69) is 10.6 Å². The molecule has 9 heteroatoms. The molecule has 130 valence electrons. The molecule has 0 aliphatic carbocycles. The molecule has 1 unspecified atom stereocenters. The van der Waals surface area contributed by atoms with Gasteiger partial charge < -0.3 is 15.4 Å². The fourth-order valence-electron chi connectivity index (χ4n) is 2.03. The van der Waals surface area contributed by atoms with Crippen LogP contribution in [0.25, 0.3) is 0 Å². The summed E-state index contributed by atoms with van der Waals surface area (Å²) in [5.41, 5.74) is 0.829. The molecule has 1 fully saturated rings. The third kappa shape index (κ3) is 5.15. The number of halogens is 1. The van der Waals surface area contributed by atoms with Gasteiger partial charge in [0.25, 0.3) is 5.91 Å². The Hall–Kier alpha value is -1.19. The van der Waals surface area contributed by atoms with E-state index in [9.17, 15) is 13.2 Å². The molecule has 2 rings (SSSR count). The molecule has 0 spiro atoms. The zero-order valence-corrected chi connectivity index (χ0v) is 14.7. The highest BCUT2D eigenvalue weighted by molar-refractivity contribution is 7.89. The van der Waals surface area contributed by atoms with Crippen LogP contribution in [0.1, 0.15) is 5.56 Å². The Morgan fingerprint density at radius 3 is 2.52 bits per heavy atom. The Kier molecular flexibility index (Phi) is 7.43. The lowest BCUT2D eigenvalue weighted by Gasteiger charge is -2.22. The largest absolute Gasteiger partial charge is 0.366 e. The Morgan fingerprint density at radius 1 is 1.35 bits per heavy atom. The maximum Gasteiger partial charge on any atom is 0.250 e. The molecule has 1 aliphatic heterocycles. The van der Waals surface area contributed by atoms with E-state index in [-0.39, 0.29) is 23.2 Å². The molecule has 1 aromatic rings. The maximum atomic E-state index is 11.9. The number of rotatable bonds is 5. The number of carbonyl (C=O) groups is 1. The standard InChI is InChI=1S/C14H21N3O4S.ClH/c1-17(2)22(19,20)12-5-3-11(4-6-12)9-16-14(18)13-10-15-7-8-21-13;/h3-6,13,15H,7-10H2,1-2H3,(H,16,18);1H. The van der Waals surface area contributed by atoms with E-state index in [1.54, 1.807) is 12.1 Å². The Morgan fingerprint density at radius 2 is 2.00 bits per heavy atom. The van der Waals surface area contributed by atoms with Gasteiger partial charge in [-0.2, -0.15) is 0 Å². The Bertz CT molecular complexity index is 613. The predicted octanol–water partition coefficient (Wildman–Crippen LogP) is -0.0367. The van der Waals surface area contributed by atoms with Crippen LogP contribution in [0.3, 0.4) is 0 Å². The van der Waals surface area contributed by atoms with Crippen LogP contribution in [-0.4, -0.2) is 58.5 Å². The van der Waals surface area contributed by atoms with E-state index in [0.29, 0.717) is 19.7 Å². The monoisotopic (exact) mass is 363 g/mol. The normalized spacial score (nSPS) is 18.3. The van der Waals surface area contributed by atoms with E-state index < -0.39 is 16.1 Å². The van der Waals surface area contributed by atoms with Crippen molar-refractivity contribution in [3.8, 4) is 0 Å². The number of morpholine rings is 1. The van der Waals surface area contributed by atoms with Crippen molar-refractivity contribution in [2.75, 3.05) is 33.8 Å². The van der Waals surface area contributed by atoms with E-state index in [4.69, 9.17) is 4.74 Å². The number of amides is 1. The van der Waals surface area contributed by atoms with E-state index >= 15 is 0 Å². The van der Waals surface area contributed by atoms with Crippen LogP contribution in [0, 0.1) is 0 Å². The van der Waals surface area contributed by atoms with Crippen molar-refractivity contribution in [1.29, 1.82) is 0 Å². The zero-order chi connectivity index (χ0) is 16.2. The molecule has 2 N–H and O–H groups in total. The highest BCUT2D eigenvalue weighted by Crippen LogP contribution is 2.14. The minimum Gasteiger partial charge on any atom is -0.366 e. The number of hydrogen-bond donors (Lipinski definition) is 2. The van der Waals surface area contributed by atoms with E-state index in [1.165, 1.54) is 26.2 Å². The lowest BCUT2D eigenvalue weighted by Crippen LogP contribution is -2.47. The molecule has 7 nitrogen and oxygen atoms in total. The fourth-order valence-corrected chi connectivity index (χ4v) is 2.93. The number of sulfonamides is 1. The first-order valence-corrected chi connectivity index (χ1v) is 8.47.